The van der Waals surface area contributed by atoms with Crippen molar-refractivity contribution in [1.29, 1.82) is 0 Å². The summed E-state index contributed by atoms with van der Waals surface area (Å²) in [6.07, 6.45) is 2.04. The Balaban J connectivity index is 0.000000200. The molecule has 10 heteroatoms. The predicted octanol–water partition coefficient (Wildman–Crippen LogP) is -1.93. The fraction of sp³-hybridized carbons (Fsp3) is 0. The summed E-state index contributed by atoms with van der Waals surface area (Å²) >= 11 is 0. The minimum absolute atomic E-state index is 0.381. The number of rotatable bonds is 1. The summed E-state index contributed by atoms with van der Waals surface area (Å²) in [5.41, 5.74) is 2.43. The number of carbonyl (C=O) groups excluding carboxylic acids is 1. The summed E-state index contributed by atoms with van der Waals surface area (Å²) in [5.74, 6) is -2.00. The van der Waals surface area contributed by atoms with Crippen molar-refractivity contribution in [2.75, 3.05) is 0 Å². The van der Waals surface area contributed by atoms with Gasteiger partial charge in [-0.25, -0.2) is 9.78 Å². The van der Waals surface area contributed by atoms with Gasteiger partial charge in [0.1, 0.15) is 0 Å². The maximum atomic E-state index is 12.2. The molecule has 2 aromatic heterocycles. The van der Waals surface area contributed by atoms with Crippen molar-refractivity contribution in [1.82, 2.24) is 19.9 Å². The van der Waals surface area contributed by atoms with Crippen LogP contribution in [0.15, 0.2) is 32.8 Å². The van der Waals surface area contributed by atoms with E-state index < -0.39 is 28.8 Å². The van der Waals surface area contributed by atoms with Gasteiger partial charge in [0.05, 0.1) is 6.20 Å². The van der Waals surface area contributed by atoms with Gasteiger partial charge < -0.3 is 15.7 Å². The Labute approximate surface area is 103 Å². The summed E-state index contributed by atoms with van der Waals surface area (Å²) in [7, 11) is 0. The lowest BCUT2D eigenvalue weighted by Crippen LogP contribution is -2.25. The average molecular weight is 269 g/mol. The third-order valence-corrected chi connectivity index (χ3v) is 1.68. The molecule has 0 radical (unpaired) electrons. The van der Waals surface area contributed by atoms with Gasteiger partial charge in [0, 0.05) is 12.3 Å². The molecule has 0 aromatic carbocycles. The Morgan fingerprint density at radius 2 is 1.95 bits per heavy atom. The quantitative estimate of drug-likeness (QED) is 0.474. The van der Waals surface area contributed by atoms with Gasteiger partial charge in [-0.1, -0.05) is 0 Å². The van der Waals surface area contributed by atoms with Crippen molar-refractivity contribution in [2.24, 2.45) is 5.73 Å². The maximum Gasteiger partial charge on any atom is 0.325 e. The van der Waals surface area contributed by atoms with E-state index >= 15 is 0 Å². The molecule has 0 bridgehead atoms. The highest BCUT2D eigenvalue weighted by molar-refractivity contribution is 5.90. The number of halogens is 1. The van der Waals surface area contributed by atoms with Gasteiger partial charge in [-0.2, -0.15) is 4.39 Å². The van der Waals surface area contributed by atoms with Crippen LogP contribution in [0.25, 0.3) is 0 Å². The number of nitrogens with one attached hydrogen (secondary N) is 3. The number of aromatic nitrogens is 4. The molecule has 0 fully saturated rings. The highest BCUT2D eigenvalue weighted by atomic mass is 19.1. The van der Waals surface area contributed by atoms with Gasteiger partial charge in [-0.15, -0.1) is 0 Å². The second kappa shape index (κ2) is 6.05. The van der Waals surface area contributed by atoms with Crippen molar-refractivity contribution in [3.8, 4) is 0 Å². The molecule has 0 saturated heterocycles. The molecule has 2 rings (SSSR count). The van der Waals surface area contributed by atoms with Gasteiger partial charge in [0.2, 0.25) is 5.95 Å². The van der Waals surface area contributed by atoms with Crippen molar-refractivity contribution >= 4 is 5.91 Å². The number of hydrogen-bond acceptors (Lipinski definition) is 5. The number of H-pyrrole nitrogens is 3. The van der Waals surface area contributed by atoms with Crippen LogP contribution in [0.4, 0.5) is 4.39 Å². The summed E-state index contributed by atoms with van der Waals surface area (Å²) in [6, 6.07) is 1.24. The van der Waals surface area contributed by atoms with E-state index in [1.807, 2.05) is 9.97 Å². The first-order valence-corrected chi connectivity index (χ1v) is 4.73. The Bertz CT molecular complexity index is 722. The van der Waals surface area contributed by atoms with E-state index in [9.17, 15) is 23.6 Å². The molecule has 0 aliphatic heterocycles. The zero-order valence-corrected chi connectivity index (χ0v) is 9.27. The monoisotopic (exact) mass is 269 g/mol. The number of aromatic amines is 3. The van der Waals surface area contributed by atoms with Crippen molar-refractivity contribution in [3.05, 3.63) is 61.3 Å². The third kappa shape index (κ3) is 4.38. The number of nitrogens with zero attached hydrogens (tertiary/aromatic N) is 1. The van der Waals surface area contributed by atoms with Crippen LogP contribution in [0.1, 0.15) is 10.5 Å². The molecule has 0 saturated carbocycles. The van der Waals surface area contributed by atoms with E-state index in [1.165, 1.54) is 12.3 Å². The fourth-order valence-electron chi connectivity index (χ4n) is 0.933. The molecule has 100 valence electrons. The zero-order chi connectivity index (χ0) is 14.4. The first-order chi connectivity index (χ1) is 8.90. The molecule has 2 heterocycles. The second-order valence-corrected chi connectivity index (χ2v) is 3.06. The lowest BCUT2D eigenvalue weighted by Gasteiger charge is -1.91. The number of amides is 1. The number of hydrogen-bond donors (Lipinski definition) is 4. The minimum atomic E-state index is -1.05. The van der Waals surface area contributed by atoms with Crippen LogP contribution in [0.3, 0.4) is 0 Å². The van der Waals surface area contributed by atoms with E-state index in [1.54, 1.807) is 0 Å². The molecule has 9 nitrogen and oxygen atoms in total. The van der Waals surface area contributed by atoms with Gasteiger partial charge >= 0.3 is 5.69 Å². The molecule has 0 atom stereocenters. The molecule has 5 N–H and O–H groups in total. The Kier molecular flexibility index (Phi) is 4.46. The molecule has 0 aliphatic rings. The summed E-state index contributed by atoms with van der Waals surface area (Å²) in [4.78, 5) is 50.6. The largest absolute Gasteiger partial charge is 0.364 e. The second-order valence-electron chi connectivity index (χ2n) is 3.06. The Morgan fingerprint density at radius 1 is 1.26 bits per heavy atom. The lowest BCUT2D eigenvalue weighted by molar-refractivity contribution is 0.0992. The van der Waals surface area contributed by atoms with Crippen LogP contribution < -0.4 is 22.5 Å². The van der Waals surface area contributed by atoms with Crippen LogP contribution in [0.2, 0.25) is 0 Å². The van der Waals surface area contributed by atoms with Crippen LogP contribution >= 0.6 is 0 Å². The van der Waals surface area contributed by atoms with E-state index in [0.717, 1.165) is 6.20 Å². The first-order valence-electron chi connectivity index (χ1n) is 4.73. The van der Waals surface area contributed by atoms with E-state index in [-0.39, 0.29) is 5.56 Å². The zero-order valence-electron chi connectivity index (χ0n) is 9.27. The first kappa shape index (κ1) is 14.0. The number of nitrogens with two attached hydrogens (primary N) is 1. The van der Waals surface area contributed by atoms with E-state index in [0.29, 0.717) is 0 Å². The van der Waals surface area contributed by atoms with Gasteiger partial charge in [-0.3, -0.25) is 19.4 Å². The topological polar surface area (TPSA) is 155 Å². The van der Waals surface area contributed by atoms with Crippen LogP contribution in [0.5, 0.6) is 0 Å². The van der Waals surface area contributed by atoms with Crippen molar-refractivity contribution in [2.45, 2.75) is 0 Å². The van der Waals surface area contributed by atoms with Crippen LogP contribution in [0, 0.1) is 5.95 Å². The SMILES string of the molecule is NC(=O)c1nc(F)c[nH]c1=O.O=c1cc[nH]c(=O)[nH]1. The average Bonchev–Trinajstić information content (AvgIpc) is 2.32. The molecule has 19 heavy (non-hydrogen) atoms. The standard InChI is InChI=1S/C5H4FN3O2.C4H4N2O2/c6-2-1-8-5(11)3(9-2)4(7)10;7-3-1-2-5-4(8)6-3/h1H,(H2,7,10)(H,8,11);1-2H,(H2,5,6,7,8). The molecular weight excluding hydrogens is 261 g/mol. The van der Waals surface area contributed by atoms with Crippen LogP contribution in [-0.2, 0) is 0 Å². The smallest absolute Gasteiger partial charge is 0.325 e. The van der Waals surface area contributed by atoms with E-state index in [4.69, 9.17) is 5.73 Å². The molecule has 0 aliphatic carbocycles. The maximum absolute atomic E-state index is 12.2. The molecule has 0 unspecified atom stereocenters. The van der Waals surface area contributed by atoms with Crippen LogP contribution in [-0.4, -0.2) is 25.8 Å². The minimum Gasteiger partial charge on any atom is -0.364 e. The molecular formula is C9H8FN5O4. The molecule has 0 spiro atoms. The normalized spacial score (nSPS) is 9.32. The fourth-order valence-corrected chi connectivity index (χ4v) is 0.933. The van der Waals surface area contributed by atoms with Gasteiger partial charge in [-0.05, 0) is 0 Å². The highest BCUT2D eigenvalue weighted by Crippen LogP contribution is 1.86. The van der Waals surface area contributed by atoms with Crippen molar-refractivity contribution < 1.29 is 9.18 Å². The Morgan fingerprint density at radius 3 is 2.37 bits per heavy atom. The molecule has 1 amide bonds. The molecule has 2 aromatic rings. The highest BCUT2D eigenvalue weighted by Gasteiger charge is 2.08. The van der Waals surface area contributed by atoms with Gasteiger partial charge in [0.15, 0.2) is 5.69 Å². The number of carbonyl (C=O) groups is 1. The lowest BCUT2D eigenvalue weighted by atomic mass is 10.4. The van der Waals surface area contributed by atoms with Crippen molar-refractivity contribution in [3.63, 3.8) is 0 Å². The summed E-state index contributed by atoms with van der Waals surface area (Å²) in [5, 5.41) is 0. The van der Waals surface area contributed by atoms with Gasteiger partial charge in [0.25, 0.3) is 17.0 Å². The summed E-state index contributed by atoms with van der Waals surface area (Å²) < 4.78 is 12.2. The number of primary amides is 1. The van der Waals surface area contributed by atoms with E-state index in [2.05, 4.69) is 9.97 Å². The summed E-state index contributed by atoms with van der Waals surface area (Å²) in [6.45, 7) is 0. The predicted molar refractivity (Wildman–Crippen MR) is 61.0 cm³/mol. The Hall–Kier alpha value is -3.04. The third-order valence-electron chi connectivity index (χ3n) is 1.68.